The van der Waals surface area contributed by atoms with E-state index in [-0.39, 0.29) is 11.6 Å². The Bertz CT molecular complexity index is 761. The highest BCUT2D eigenvalue weighted by molar-refractivity contribution is 5.86. The van der Waals surface area contributed by atoms with E-state index < -0.39 is 17.8 Å². The number of carbonyl (C=O) groups excluding carboxylic acids is 1. The molecule has 2 unspecified atom stereocenters. The maximum absolute atomic E-state index is 11.9. The van der Waals surface area contributed by atoms with Crippen LogP contribution in [0.25, 0.3) is 11.0 Å². The molecule has 0 radical (unpaired) electrons. The van der Waals surface area contributed by atoms with Gasteiger partial charge in [0.05, 0.1) is 22.9 Å². The van der Waals surface area contributed by atoms with Gasteiger partial charge in [-0.05, 0) is 30.5 Å². The first-order valence-electron chi connectivity index (χ1n) is 6.76. The lowest BCUT2D eigenvalue weighted by atomic mass is 9.73. The number of carbonyl (C=O) groups is 2. The van der Waals surface area contributed by atoms with Crippen LogP contribution in [-0.4, -0.2) is 27.0 Å². The molecular formula is C14H15N3O4. The normalized spacial score (nSPS) is 21.0. The fourth-order valence-electron chi connectivity index (χ4n) is 2.62. The van der Waals surface area contributed by atoms with Crippen molar-refractivity contribution in [1.82, 2.24) is 15.3 Å². The van der Waals surface area contributed by atoms with Gasteiger partial charge in [-0.2, -0.15) is 0 Å². The number of rotatable bonds is 4. The number of benzene rings is 1. The molecule has 3 rings (SSSR count). The first-order valence-corrected chi connectivity index (χ1v) is 6.76. The van der Waals surface area contributed by atoms with Crippen LogP contribution in [0.5, 0.6) is 0 Å². The van der Waals surface area contributed by atoms with Crippen molar-refractivity contribution < 1.29 is 14.7 Å². The molecule has 0 spiro atoms. The number of imidazole rings is 1. The second-order valence-electron chi connectivity index (χ2n) is 5.31. The summed E-state index contributed by atoms with van der Waals surface area (Å²) >= 11 is 0. The zero-order chi connectivity index (χ0) is 15.0. The van der Waals surface area contributed by atoms with E-state index in [1.165, 1.54) is 0 Å². The first kappa shape index (κ1) is 13.4. The van der Waals surface area contributed by atoms with Gasteiger partial charge in [0.2, 0.25) is 5.91 Å². The number of carboxylic acids is 1. The van der Waals surface area contributed by atoms with Gasteiger partial charge >= 0.3 is 11.7 Å². The molecule has 0 aliphatic heterocycles. The van der Waals surface area contributed by atoms with Crippen molar-refractivity contribution in [2.24, 2.45) is 11.8 Å². The van der Waals surface area contributed by atoms with Crippen molar-refractivity contribution in [3.05, 3.63) is 34.2 Å². The zero-order valence-corrected chi connectivity index (χ0v) is 11.2. The van der Waals surface area contributed by atoms with Crippen molar-refractivity contribution in [2.75, 3.05) is 0 Å². The third-order valence-electron chi connectivity index (χ3n) is 3.98. The van der Waals surface area contributed by atoms with Gasteiger partial charge in [-0.1, -0.05) is 6.07 Å². The number of aliphatic carboxylic acids is 1. The third-order valence-corrected chi connectivity index (χ3v) is 3.98. The van der Waals surface area contributed by atoms with Crippen LogP contribution in [0.3, 0.4) is 0 Å². The third kappa shape index (κ3) is 2.54. The van der Waals surface area contributed by atoms with E-state index in [1.807, 2.05) is 6.07 Å². The van der Waals surface area contributed by atoms with Crippen LogP contribution in [0.2, 0.25) is 0 Å². The van der Waals surface area contributed by atoms with Crippen molar-refractivity contribution in [3.8, 4) is 0 Å². The van der Waals surface area contributed by atoms with Gasteiger partial charge in [0.15, 0.2) is 0 Å². The molecule has 1 fully saturated rings. The summed E-state index contributed by atoms with van der Waals surface area (Å²) in [5, 5.41) is 11.7. The molecule has 4 N–H and O–H groups in total. The molecule has 1 heterocycles. The second-order valence-corrected chi connectivity index (χ2v) is 5.31. The monoisotopic (exact) mass is 289 g/mol. The number of H-pyrrole nitrogens is 2. The van der Waals surface area contributed by atoms with E-state index in [9.17, 15) is 14.4 Å². The molecule has 1 aromatic carbocycles. The van der Waals surface area contributed by atoms with Gasteiger partial charge < -0.3 is 20.4 Å². The molecule has 1 amide bonds. The molecule has 0 bridgehead atoms. The molecule has 1 aliphatic carbocycles. The Hall–Kier alpha value is -2.57. The van der Waals surface area contributed by atoms with Gasteiger partial charge in [0.25, 0.3) is 0 Å². The van der Waals surface area contributed by atoms with Crippen molar-refractivity contribution >= 4 is 22.9 Å². The van der Waals surface area contributed by atoms with Gasteiger partial charge in [0, 0.05) is 6.54 Å². The Balaban J connectivity index is 1.64. The largest absolute Gasteiger partial charge is 0.481 e. The van der Waals surface area contributed by atoms with Crippen LogP contribution in [0.1, 0.15) is 18.4 Å². The molecule has 2 atom stereocenters. The Morgan fingerprint density at radius 2 is 1.90 bits per heavy atom. The Morgan fingerprint density at radius 1 is 1.19 bits per heavy atom. The lowest BCUT2D eigenvalue weighted by molar-refractivity contribution is -0.152. The average Bonchev–Trinajstić information content (AvgIpc) is 2.73. The summed E-state index contributed by atoms with van der Waals surface area (Å²) in [5.74, 6) is -2.13. The maximum Gasteiger partial charge on any atom is 0.323 e. The number of carboxylic acid groups (broad SMARTS) is 1. The predicted octanol–water partition coefficient (Wildman–Crippen LogP) is 0.583. The first-order chi connectivity index (χ1) is 10.0. The molecule has 110 valence electrons. The van der Waals surface area contributed by atoms with E-state index in [4.69, 9.17) is 5.11 Å². The number of nitrogens with one attached hydrogen (secondary N) is 3. The number of aromatic amines is 2. The van der Waals surface area contributed by atoms with Crippen molar-refractivity contribution in [1.29, 1.82) is 0 Å². The van der Waals surface area contributed by atoms with E-state index >= 15 is 0 Å². The summed E-state index contributed by atoms with van der Waals surface area (Å²) in [6.45, 7) is 0.310. The van der Waals surface area contributed by atoms with Crippen LogP contribution in [0.15, 0.2) is 23.0 Å². The molecule has 7 nitrogen and oxygen atoms in total. The van der Waals surface area contributed by atoms with Crippen molar-refractivity contribution in [3.63, 3.8) is 0 Å². The minimum absolute atomic E-state index is 0.226. The van der Waals surface area contributed by atoms with E-state index in [0.29, 0.717) is 30.4 Å². The standard InChI is InChI=1S/C14H15N3O4/c18-12(8-2-3-9(8)13(19)20)15-6-7-1-4-10-11(5-7)17-14(21)16-10/h1,4-5,8-9H,2-3,6H2,(H,15,18)(H,19,20)(H2,16,17,21). The number of aromatic nitrogens is 2. The summed E-state index contributed by atoms with van der Waals surface area (Å²) in [4.78, 5) is 39.3. The van der Waals surface area contributed by atoms with E-state index in [1.54, 1.807) is 12.1 Å². The fourth-order valence-corrected chi connectivity index (χ4v) is 2.62. The van der Waals surface area contributed by atoms with Gasteiger partial charge in [-0.3, -0.25) is 9.59 Å². The Labute approximate surface area is 119 Å². The number of hydrogen-bond acceptors (Lipinski definition) is 3. The topological polar surface area (TPSA) is 115 Å². The maximum atomic E-state index is 11.9. The quantitative estimate of drug-likeness (QED) is 0.659. The summed E-state index contributed by atoms with van der Waals surface area (Å²) in [7, 11) is 0. The molecule has 21 heavy (non-hydrogen) atoms. The molecule has 1 aromatic heterocycles. The van der Waals surface area contributed by atoms with Crippen molar-refractivity contribution in [2.45, 2.75) is 19.4 Å². The Morgan fingerprint density at radius 3 is 2.57 bits per heavy atom. The van der Waals surface area contributed by atoms with Gasteiger partial charge in [-0.25, -0.2) is 4.79 Å². The average molecular weight is 289 g/mol. The molecular weight excluding hydrogens is 274 g/mol. The van der Waals surface area contributed by atoms with Crippen LogP contribution in [0, 0.1) is 11.8 Å². The minimum Gasteiger partial charge on any atom is -0.481 e. The molecule has 1 saturated carbocycles. The molecule has 1 aliphatic rings. The number of amides is 1. The second kappa shape index (κ2) is 5.08. The molecule has 7 heteroatoms. The Kier molecular flexibility index (Phi) is 3.25. The van der Waals surface area contributed by atoms with Crippen LogP contribution >= 0.6 is 0 Å². The van der Waals surface area contributed by atoms with Gasteiger partial charge in [-0.15, -0.1) is 0 Å². The summed E-state index contributed by atoms with van der Waals surface area (Å²) in [6, 6.07) is 5.35. The SMILES string of the molecule is O=C(O)C1CCC1C(=O)NCc1ccc2[nH]c(=O)[nH]c2c1. The summed E-state index contributed by atoms with van der Waals surface area (Å²) in [6.07, 6.45) is 1.18. The molecule has 0 saturated heterocycles. The zero-order valence-electron chi connectivity index (χ0n) is 11.2. The highest BCUT2D eigenvalue weighted by atomic mass is 16.4. The highest BCUT2D eigenvalue weighted by Crippen LogP contribution is 2.34. The minimum atomic E-state index is -0.910. The highest BCUT2D eigenvalue weighted by Gasteiger charge is 2.41. The summed E-state index contributed by atoms with van der Waals surface area (Å²) < 4.78 is 0. The smallest absolute Gasteiger partial charge is 0.323 e. The lowest BCUT2D eigenvalue weighted by Gasteiger charge is -2.31. The lowest BCUT2D eigenvalue weighted by Crippen LogP contribution is -2.43. The fraction of sp³-hybridized carbons (Fsp3) is 0.357. The van der Waals surface area contributed by atoms with Crippen LogP contribution in [0.4, 0.5) is 0 Å². The van der Waals surface area contributed by atoms with Crippen LogP contribution < -0.4 is 11.0 Å². The number of hydrogen-bond donors (Lipinski definition) is 4. The summed E-state index contributed by atoms with van der Waals surface area (Å²) in [5.41, 5.74) is 1.96. The predicted molar refractivity (Wildman–Crippen MR) is 74.6 cm³/mol. The van der Waals surface area contributed by atoms with E-state index in [2.05, 4.69) is 15.3 Å². The van der Waals surface area contributed by atoms with Crippen LogP contribution in [-0.2, 0) is 16.1 Å². The van der Waals surface area contributed by atoms with E-state index in [0.717, 1.165) is 5.56 Å². The molecule has 2 aromatic rings. The van der Waals surface area contributed by atoms with Gasteiger partial charge in [0.1, 0.15) is 0 Å². The number of fused-ring (bicyclic) bond motifs is 1.